The van der Waals surface area contributed by atoms with Gasteiger partial charge in [-0.3, -0.25) is 0 Å². The van der Waals surface area contributed by atoms with Crippen LogP contribution in [0.2, 0.25) is 20.2 Å². The largest absolute Gasteiger partial charge is 0.507 e. The first-order valence-electron chi connectivity index (χ1n) is 6.58. The van der Waals surface area contributed by atoms with Crippen molar-refractivity contribution in [3.8, 4) is 33.9 Å². The summed E-state index contributed by atoms with van der Waals surface area (Å²) in [5.74, 6) is -0.150. The molecule has 0 atom stereocenters. The highest BCUT2D eigenvalue weighted by Gasteiger charge is 2.22. The summed E-state index contributed by atoms with van der Waals surface area (Å²) in [6, 6.07) is 8.92. The van der Waals surface area contributed by atoms with Gasteiger partial charge in [-0.1, -0.05) is 46.4 Å². The molecule has 1 aromatic heterocycles. The number of rotatable bonds is 2. The fraction of sp³-hybridized carbons (Fsp3) is 0. The SMILES string of the molecule is Oc1ccc(Cl)cc1-c1nnc(Cl)c(Cl)c1-c1cc(Cl)ccc1O. The van der Waals surface area contributed by atoms with Gasteiger partial charge >= 0.3 is 0 Å². The molecule has 0 saturated heterocycles. The molecule has 2 N–H and O–H groups in total. The summed E-state index contributed by atoms with van der Waals surface area (Å²) in [5, 5.41) is 28.9. The number of phenols is 2. The lowest BCUT2D eigenvalue weighted by Crippen LogP contribution is -1.96. The van der Waals surface area contributed by atoms with Crippen molar-refractivity contribution < 1.29 is 10.2 Å². The topological polar surface area (TPSA) is 66.2 Å². The van der Waals surface area contributed by atoms with Crippen LogP contribution in [0.1, 0.15) is 0 Å². The van der Waals surface area contributed by atoms with Crippen LogP contribution in [0.15, 0.2) is 36.4 Å². The zero-order valence-electron chi connectivity index (χ0n) is 11.8. The number of aromatic hydroxyl groups is 2. The van der Waals surface area contributed by atoms with Gasteiger partial charge in [0.25, 0.3) is 0 Å². The zero-order chi connectivity index (χ0) is 17.4. The van der Waals surface area contributed by atoms with Crippen molar-refractivity contribution in [1.29, 1.82) is 0 Å². The molecule has 0 aliphatic carbocycles. The maximum absolute atomic E-state index is 10.2. The van der Waals surface area contributed by atoms with E-state index in [9.17, 15) is 10.2 Å². The second kappa shape index (κ2) is 6.65. The Labute approximate surface area is 157 Å². The van der Waals surface area contributed by atoms with Crippen LogP contribution in [0.5, 0.6) is 11.5 Å². The van der Waals surface area contributed by atoms with E-state index in [2.05, 4.69) is 10.2 Å². The standard InChI is InChI=1S/C16H8Cl4N2O2/c17-7-1-3-11(23)9(5-7)13-14(19)16(20)22-21-15(13)10-6-8(18)2-4-12(10)24/h1-6,23-24H. The van der Waals surface area contributed by atoms with Crippen molar-refractivity contribution in [2.45, 2.75) is 0 Å². The molecule has 24 heavy (non-hydrogen) atoms. The summed E-state index contributed by atoms with van der Waals surface area (Å²) >= 11 is 24.3. The third-order valence-electron chi connectivity index (χ3n) is 3.32. The summed E-state index contributed by atoms with van der Waals surface area (Å²) in [6.45, 7) is 0. The highest BCUT2D eigenvalue weighted by Crippen LogP contribution is 2.45. The van der Waals surface area contributed by atoms with Gasteiger partial charge in [0.05, 0.1) is 5.02 Å². The van der Waals surface area contributed by atoms with Gasteiger partial charge in [0.2, 0.25) is 0 Å². The number of hydrogen-bond donors (Lipinski definition) is 2. The molecule has 122 valence electrons. The Morgan fingerprint density at radius 1 is 0.708 bits per heavy atom. The highest BCUT2D eigenvalue weighted by molar-refractivity contribution is 6.43. The monoisotopic (exact) mass is 400 g/mol. The third-order valence-corrected chi connectivity index (χ3v) is 4.52. The molecule has 0 aliphatic rings. The zero-order valence-corrected chi connectivity index (χ0v) is 14.8. The Kier molecular flexibility index (Phi) is 4.74. The maximum Gasteiger partial charge on any atom is 0.170 e. The molecule has 0 fully saturated rings. The van der Waals surface area contributed by atoms with E-state index < -0.39 is 0 Å². The normalized spacial score (nSPS) is 10.8. The summed E-state index contributed by atoms with van der Waals surface area (Å²) in [7, 11) is 0. The van der Waals surface area contributed by atoms with Gasteiger partial charge in [-0.05, 0) is 36.4 Å². The Hall–Kier alpha value is -1.72. The highest BCUT2D eigenvalue weighted by atomic mass is 35.5. The van der Waals surface area contributed by atoms with Crippen molar-refractivity contribution in [2.24, 2.45) is 0 Å². The first-order valence-corrected chi connectivity index (χ1v) is 8.09. The molecule has 3 aromatic rings. The van der Waals surface area contributed by atoms with E-state index in [1.165, 1.54) is 36.4 Å². The Balaban J connectivity index is 2.39. The van der Waals surface area contributed by atoms with Gasteiger partial charge < -0.3 is 10.2 Å². The lowest BCUT2D eigenvalue weighted by molar-refractivity contribution is 0.476. The summed E-state index contributed by atoms with van der Waals surface area (Å²) in [5.41, 5.74) is 1.10. The summed E-state index contributed by atoms with van der Waals surface area (Å²) in [6.07, 6.45) is 0. The van der Waals surface area contributed by atoms with Crippen LogP contribution in [0, 0.1) is 0 Å². The van der Waals surface area contributed by atoms with Crippen LogP contribution in [0.4, 0.5) is 0 Å². The summed E-state index contributed by atoms with van der Waals surface area (Å²) < 4.78 is 0. The molecule has 0 amide bonds. The van der Waals surface area contributed by atoms with E-state index >= 15 is 0 Å². The molecule has 1 heterocycles. The van der Waals surface area contributed by atoms with E-state index in [0.717, 1.165) is 0 Å². The number of phenolic OH excluding ortho intramolecular Hbond substituents is 2. The van der Waals surface area contributed by atoms with Crippen LogP contribution in [-0.4, -0.2) is 20.4 Å². The second-order valence-electron chi connectivity index (χ2n) is 4.85. The first-order chi connectivity index (χ1) is 11.4. The minimum atomic E-state index is -0.0758. The minimum absolute atomic E-state index is 0.0451. The molecule has 0 unspecified atom stereocenters. The molecule has 8 heteroatoms. The average molecular weight is 402 g/mol. The van der Waals surface area contributed by atoms with Crippen molar-refractivity contribution in [3.05, 3.63) is 56.6 Å². The van der Waals surface area contributed by atoms with Crippen LogP contribution < -0.4 is 0 Å². The number of halogens is 4. The van der Waals surface area contributed by atoms with Crippen molar-refractivity contribution in [3.63, 3.8) is 0 Å². The molecule has 0 aliphatic heterocycles. The minimum Gasteiger partial charge on any atom is -0.507 e. The quantitative estimate of drug-likeness (QED) is 0.566. The first kappa shape index (κ1) is 17.1. The smallest absolute Gasteiger partial charge is 0.170 e. The lowest BCUT2D eigenvalue weighted by Gasteiger charge is -2.14. The van der Waals surface area contributed by atoms with Crippen LogP contribution in [0.3, 0.4) is 0 Å². The molecule has 0 bridgehead atoms. The number of aromatic nitrogens is 2. The van der Waals surface area contributed by atoms with Gasteiger partial charge in [-0.2, -0.15) is 0 Å². The molecule has 0 saturated carbocycles. The van der Waals surface area contributed by atoms with Crippen molar-refractivity contribution >= 4 is 46.4 Å². The Morgan fingerprint density at radius 3 is 1.88 bits per heavy atom. The lowest BCUT2D eigenvalue weighted by atomic mass is 9.98. The summed E-state index contributed by atoms with van der Waals surface area (Å²) in [4.78, 5) is 0. The van der Waals surface area contributed by atoms with Crippen LogP contribution in [0.25, 0.3) is 22.4 Å². The Bertz CT molecular complexity index is 948. The number of benzene rings is 2. The fourth-order valence-corrected chi connectivity index (χ4v) is 2.94. The van der Waals surface area contributed by atoms with Crippen LogP contribution >= 0.6 is 46.4 Å². The Morgan fingerprint density at radius 2 is 1.25 bits per heavy atom. The van der Waals surface area contributed by atoms with E-state index in [1.54, 1.807) is 0 Å². The predicted molar refractivity (Wildman–Crippen MR) is 96.3 cm³/mol. The second-order valence-corrected chi connectivity index (χ2v) is 6.46. The van der Waals surface area contributed by atoms with Gasteiger partial charge in [0.1, 0.15) is 17.2 Å². The molecule has 4 nitrogen and oxygen atoms in total. The molecule has 0 radical (unpaired) electrons. The predicted octanol–water partition coefficient (Wildman–Crippen LogP) is 5.84. The molecule has 0 spiro atoms. The molecule has 3 rings (SSSR count). The average Bonchev–Trinajstić information content (AvgIpc) is 2.55. The molecule has 2 aromatic carbocycles. The van der Waals surface area contributed by atoms with Crippen LogP contribution in [-0.2, 0) is 0 Å². The molecular weight excluding hydrogens is 394 g/mol. The van der Waals surface area contributed by atoms with Gasteiger partial charge in [0, 0.05) is 26.7 Å². The van der Waals surface area contributed by atoms with Gasteiger partial charge in [-0.25, -0.2) is 0 Å². The van der Waals surface area contributed by atoms with E-state index in [1.807, 2.05) is 0 Å². The van der Waals surface area contributed by atoms with E-state index in [4.69, 9.17) is 46.4 Å². The fourth-order valence-electron chi connectivity index (χ4n) is 2.24. The van der Waals surface area contributed by atoms with Gasteiger partial charge in [0.15, 0.2) is 5.15 Å². The van der Waals surface area contributed by atoms with Crippen molar-refractivity contribution in [1.82, 2.24) is 10.2 Å². The number of hydrogen-bond acceptors (Lipinski definition) is 4. The van der Waals surface area contributed by atoms with Gasteiger partial charge in [-0.15, -0.1) is 10.2 Å². The molecular formula is C16H8Cl4N2O2. The maximum atomic E-state index is 10.2. The number of nitrogens with zero attached hydrogens (tertiary/aromatic N) is 2. The van der Waals surface area contributed by atoms with Crippen molar-refractivity contribution in [2.75, 3.05) is 0 Å². The van der Waals surface area contributed by atoms with E-state index in [-0.39, 0.29) is 32.9 Å². The third kappa shape index (κ3) is 3.10. The van der Waals surface area contributed by atoms with E-state index in [0.29, 0.717) is 21.2 Å².